The van der Waals surface area contributed by atoms with Crippen LogP contribution in [0, 0.1) is 5.92 Å². The number of hydrogen-bond donors (Lipinski definition) is 0. The summed E-state index contributed by atoms with van der Waals surface area (Å²) in [6, 6.07) is 27.4. The Balaban J connectivity index is 1.05. The summed E-state index contributed by atoms with van der Waals surface area (Å²) in [7, 11) is 0. The highest BCUT2D eigenvalue weighted by molar-refractivity contribution is 6.36. The van der Waals surface area contributed by atoms with Crippen LogP contribution in [-0.4, -0.2) is 71.1 Å². The van der Waals surface area contributed by atoms with Gasteiger partial charge in [-0.05, 0) is 60.2 Å². The summed E-state index contributed by atoms with van der Waals surface area (Å²) in [5.41, 5.74) is 4.53. The molecule has 0 bridgehead atoms. The van der Waals surface area contributed by atoms with Gasteiger partial charge < -0.3 is 14.7 Å². The molecule has 1 aliphatic carbocycles. The third kappa shape index (κ3) is 6.58. The molecule has 1 saturated heterocycles. The Bertz CT molecular complexity index is 1550. The normalized spacial score (nSPS) is 15.0. The van der Waals surface area contributed by atoms with Crippen molar-refractivity contribution in [3.8, 4) is 22.4 Å². The summed E-state index contributed by atoms with van der Waals surface area (Å²) in [6.07, 6.45) is 2.15. The number of amides is 2. The highest BCUT2D eigenvalue weighted by Gasteiger charge is 2.31. The number of anilines is 1. The molecule has 6 rings (SSSR count). The highest BCUT2D eigenvalue weighted by Crippen LogP contribution is 2.31. The van der Waals surface area contributed by atoms with Gasteiger partial charge in [0.2, 0.25) is 5.91 Å². The fourth-order valence-corrected chi connectivity index (χ4v) is 5.71. The van der Waals surface area contributed by atoms with Gasteiger partial charge in [0.05, 0.1) is 16.3 Å². The van der Waals surface area contributed by atoms with Crippen LogP contribution in [0.15, 0.2) is 84.9 Å². The average molecular weight is 601 g/mol. The highest BCUT2D eigenvalue weighted by atomic mass is 35.5. The first-order valence-corrected chi connectivity index (χ1v) is 15.0. The topological polar surface area (TPSA) is 69.6 Å². The van der Waals surface area contributed by atoms with Gasteiger partial charge >= 0.3 is 0 Å². The van der Waals surface area contributed by atoms with Gasteiger partial charge in [-0.25, -0.2) is 0 Å². The Labute approximate surface area is 255 Å². The number of benzene rings is 3. The van der Waals surface area contributed by atoms with Crippen LogP contribution < -0.4 is 4.90 Å². The molecule has 3 aromatic carbocycles. The third-order valence-corrected chi connectivity index (χ3v) is 8.39. The molecule has 1 aromatic heterocycles. The number of halogens is 2. The molecule has 2 amide bonds. The van der Waals surface area contributed by atoms with Crippen molar-refractivity contribution in [2.75, 3.05) is 44.2 Å². The first kappa shape index (κ1) is 28.2. The lowest BCUT2D eigenvalue weighted by atomic mass is 10.0. The second kappa shape index (κ2) is 12.5. The predicted molar refractivity (Wildman–Crippen MR) is 167 cm³/mol. The summed E-state index contributed by atoms with van der Waals surface area (Å²) in [6.45, 7) is 2.98. The first-order chi connectivity index (χ1) is 20.4. The smallest absolute Gasteiger partial charge is 0.255 e. The van der Waals surface area contributed by atoms with E-state index in [1.807, 2.05) is 35.2 Å². The largest absolute Gasteiger partial charge is 0.352 e. The van der Waals surface area contributed by atoms with E-state index in [0.717, 1.165) is 35.5 Å². The molecule has 2 heterocycles. The van der Waals surface area contributed by atoms with E-state index in [1.54, 1.807) is 23.1 Å². The zero-order valence-electron chi connectivity index (χ0n) is 23.1. The van der Waals surface area contributed by atoms with Crippen molar-refractivity contribution >= 4 is 40.8 Å². The molecule has 9 heteroatoms. The Hall–Kier alpha value is -3.94. The number of nitrogens with zero attached hydrogens (tertiary/aromatic N) is 5. The second-order valence-electron chi connectivity index (χ2n) is 10.8. The maximum atomic E-state index is 13.3. The average Bonchev–Trinajstić information content (AvgIpc) is 3.85. The third-order valence-electron chi connectivity index (χ3n) is 7.85. The number of carbonyl (C=O) groups excluding carboxylic acids is 2. The van der Waals surface area contributed by atoms with Gasteiger partial charge in [-0.1, -0.05) is 77.8 Å². The van der Waals surface area contributed by atoms with Crippen LogP contribution in [0.4, 0.5) is 5.82 Å². The molecule has 2 fully saturated rings. The van der Waals surface area contributed by atoms with E-state index in [4.69, 9.17) is 23.2 Å². The van der Waals surface area contributed by atoms with Crippen molar-refractivity contribution in [3.63, 3.8) is 0 Å². The van der Waals surface area contributed by atoms with Crippen LogP contribution in [0.2, 0.25) is 10.0 Å². The number of aromatic nitrogens is 2. The minimum Gasteiger partial charge on any atom is -0.352 e. The summed E-state index contributed by atoms with van der Waals surface area (Å²) >= 11 is 12.3. The number of hydrogen-bond acceptors (Lipinski definition) is 5. The molecule has 42 heavy (non-hydrogen) atoms. The second-order valence-corrected chi connectivity index (χ2v) is 11.7. The summed E-state index contributed by atoms with van der Waals surface area (Å²) in [4.78, 5) is 32.2. The molecule has 0 unspecified atom stereocenters. The minimum atomic E-state index is -0.236. The van der Waals surface area contributed by atoms with Crippen LogP contribution in [0.1, 0.15) is 23.2 Å². The summed E-state index contributed by atoms with van der Waals surface area (Å²) in [5, 5.41) is 9.73. The van der Waals surface area contributed by atoms with Gasteiger partial charge in [0.25, 0.3) is 5.91 Å². The lowest BCUT2D eigenvalue weighted by Gasteiger charge is -2.36. The molecule has 2 aliphatic rings. The Kier molecular flexibility index (Phi) is 8.40. The molecule has 4 aromatic rings. The van der Waals surface area contributed by atoms with E-state index in [2.05, 4.69) is 51.5 Å². The van der Waals surface area contributed by atoms with E-state index < -0.39 is 0 Å². The molecule has 0 radical (unpaired) electrons. The molecule has 1 saturated carbocycles. The van der Waals surface area contributed by atoms with Gasteiger partial charge in [0.1, 0.15) is 6.54 Å². The van der Waals surface area contributed by atoms with Crippen LogP contribution in [0.5, 0.6) is 0 Å². The van der Waals surface area contributed by atoms with E-state index in [0.29, 0.717) is 54.3 Å². The standard InChI is InChI=1S/C33H31Cl2N5O2/c34-27-12-13-28(29(35)20-27)33(42)40(21-23-6-7-23)22-32(41)39-18-16-38(17-19-39)31-15-14-30(36-37-31)26-10-8-25(9-11-26)24-4-2-1-3-5-24/h1-5,8-15,20,23H,6-7,16-19,21-22H2. The molecule has 0 N–H and O–H groups in total. The van der Waals surface area contributed by atoms with Crippen molar-refractivity contribution < 1.29 is 9.59 Å². The monoisotopic (exact) mass is 599 g/mol. The summed E-state index contributed by atoms with van der Waals surface area (Å²) in [5.74, 6) is 0.928. The van der Waals surface area contributed by atoms with Crippen molar-refractivity contribution in [3.05, 3.63) is 101 Å². The number of rotatable bonds is 8. The molecule has 0 atom stereocenters. The molecule has 1 aliphatic heterocycles. The van der Waals surface area contributed by atoms with Gasteiger partial charge in [-0.15, -0.1) is 10.2 Å². The first-order valence-electron chi connectivity index (χ1n) is 14.2. The minimum absolute atomic E-state index is 0.0336. The maximum absolute atomic E-state index is 13.3. The van der Waals surface area contributed by atoms with Crippen molar-refractivity contribution in [2.24, 2.45) is 5.92 Å². The number of carbonyl (C=O) groups is 2. The van der Waals surface area contributed by atoms with Crippen molar-refractivity contribution in [1.82, 2.24) is 20.0 Å². The van der Waals surface area contributed by atoms with Gasteiger partial charge in [-0.3, -0.25) is 9.59 Å². The Morgan fingerprint density at radius 1 is 0.786 bits per heavy atom. The fraction of sp³-hybridized carbons (Fsp3) is 0.273. The lowest BCUT2D eigenvalue weighted by molar-refractivity contribution is -0.132. The van der Waals surface area contributed by atoms with Gasteiger partial charge in [0.15, 0.2) is 5.82 Å². The number of piperazine rings is 1. The lowest BCUT2D eigenvalue weighted by Crippen LogP contribution is -2.52. The van der Waals surface area contributed by atoms with Crippen LogP contribution in [-0.2, 0) is 4.79 Å². The summed E-state index contributed by atoms with van der Waals surface area (Å²) < 4.78 is 0. The van der Waals surface area contributed by atoms with Crippen LogP contribution >= 0.6 is 23.2 Å². The Morgan fingerprint density at radius 2 is 1.48 bits per heavy atom. The predicted octanol–water partition coefficient (Wildman–Crippen LogP) is 6.32. The SMILES string of the molecule is O=C(CN(CC1CC1)C(=O)c1ccc(Cl)cc1Cl)N1CCN(c2ccc(-c3ccc(-c4ccccc4)cc3)nn2)CC1. The zero-order valence-corrected chi connectivity index (χ0v) is 24.6. The zero-order chi connectivity index (χ0) is 29.1. The van der Waals surface area contributed by atoms with Gasteiger partial charge in [0, 0.05) is 43.3 Å². The Morgan fingerprint density at radius 3 is 2.12 bits per heavy atom. The molecule has 214 valence electrons. The van der Waals surface area contributed by atoms with Crippen molar-refractivity contribution in [1.29, 1.82) is 0 Å². The van der Waals surface area contributed by atoms with E-state index in [-0.39, 0.29) is 18.4 Å². The molecule has 7 nitrogen and oxygen atoms in total. The molecular formula is C33H31Cl2N5O2. The molecule has 0 spiro atoms. The van der Waals surface area contributed by atoms with E-state index >= 15 is 0 Å². The fourth-order valence-electron chi connectivity index (χ4n) is 5.22. The quantitative estimate of drug-likeness (QED) is 0.237. The van der Waals surface area contributed by atoms with E-state index in [1.165, 1.54) is 5.56 Å². The van der Waals surface area contributed by atoms with Gasteiger partial charge in [-0.2, -0.15) is 0 Å². The molecular weight excluding hydrogens is 569 g/mol. The maximum Gasteiger partial charge on any atom is 0.255 e. The van der Waals surface area contributed by atoms with E-state index in [9.17, 15) is 9.59 Å². The van der Waals surface area contributed by atoms with Crippen LogP contribution in [0.25, 0.3) is 22.4 Å². The van der Waals surface area contributed by atoms with Crippen molar-refractivity contribution in [2.45, 2.75) is 12.8 Å². The van der Waals surface area contributed by atoms with Crippen LogP contribution in [0.3, 0.4) is 0 Å².